The van der Waals surface area contributed by atoms with Gasteiger partial charge in [-0.25, -0.2) is 0 Å². The molecule has 3 aromatic carbocycles. The van der Waals surface area contributed by atoms with Crippen LogP contribution in [0.15, 0.2) is 65.1 Å². The number of rotatable bonds is 3. The molecule has 0 amide bonds. The van der Waals surface area contributed by atoms with Crippen molar-refractivity contribution in [3.05, 3.63) is 81.8 Å². The first-order valence-corrected chi connectivity index (χ1v) is 8.23. The van der Waals surface area contributed by atoms with Gasteiger partial charge in [0.15, 0.2) is 0 Å². The van der Waals surface area contributed by atoms with Crippen molar-refractivity contribution in [2.45, 2.75) is 18.7 Å². The standard InChI is InChI=1S/C19H16BrCl/c1-13-2-4-14(5-3-13)10-19(21)17-7-6-16-12-18(20)9-8-15(16)11-17/h2-9,11-12,19H,10H2,1H3. The molecule has 0 heterocycles. The number of alkyl halides is 1. The molecule has 0 bridgehead atoms. The van der Waals surface area contributed by atoms with E-state index in [9.17, 15) is 0 Å². The molecule has 0 nitrogen and oxygen atoms in total. The lowest BCUT2D eigenvalue weighted by Crippen LogP contribution is -1.96. The summed E-state index contributed by atoms with van der Waals surface area (Å²) in [6.45, 7) is 2.10. The Morgan fingerprint density at radius 2 is 1.57 bits per heavy atom. The molecule has 3 rings (SSSR count). The molecule has 1 unspecified atom stereocenters. The van der Waals surface area contributed by atoms with E-state index in [-0.39, 0.29) is 5.38 Å². The Kier molecular flexibility index (Phi) is 4.32. The molecule has 0 aliphatic rings. The van der Waals surface area contributed by atoms with Crippen LogP contribution in [-0.4, -0.2) is 0 Å². The number of hydrogen-bond donors (Lipinski definition) is 0. The van der Waals surface area contributed by atoms with Gasteiger partial charge in [0.25, 0.3) is 0 Å². The average molecular weight is 360 g/mol. The molecule has 1 atom stereocenters. The summed E-state index contributed by atoms with van der Waals surface area (Å²) in [6.07, 6.45) is 0.851. The zero-order valence-corrected chi connectivity index (χ0v) is 14.2. The molecule has 21 heavy (non-hydrogen) atoms. The van der Waals surface area contributed by atoms with Crippen LogP contribution < -0.4 is 0 Å². The second-order valence-electron chi connectivity index (χ2n) is 5.41. The van der Waals surface area contributed by atoms with E-state index in [0.29, 0.717) is 0 Å². The van der Waals surface area contributed by atoms with Gasteiger partial charge >= 0.3 is 0 Å². The summed E-state index contributed by atoms with van der Waals surface area (Å²) in [5, 5.41) is 2.46. The zero-order valence-electron chi connectivity index (χ0n) is 11.8. The van der Waals surface area contributed by atoms with E-state index < -0.39 is 0 Å². The van der Waals surface area contributed by atoms with Gasteiger partial charge in [0.1, 0.15) is 0 Å². The predicted molar refractivity (Wildman–Crippen MR) is 95.1 cm³/mol. The van der Waals surface area contributed by atoms with Crippen molar-refractivity contribution in [2.75, 3.05) is 0 Å². The molecule has 0 fully saturated rings. The van der Waals surface area contributed by atoms with Gasteiger partial charge in [-0.2, -0.15) is 0 Å². The highest BCUT2D eigenvalue weighted by Crippen LogP contribution is 2.29. The molecule has 0 N–H and O–H groups in total. The lowest BCUT2D eigenvalue weighted by atomic mass is 10.0. The molecule has 0 spiro atoms. The number of hydrogen-bond acceptors (Lipinski definition) is 0. The first kappa shape index (κ1) is 14.6. The quantitative estimate of drug-likeness (QED) is 0.472. The third-order valence-electron chi connectivity index (χ3n) is 3.72. The normalized spacial score (nSPS) is 12.5. The lowest BCUT2D eigenvalue weighted by Gasteiger charge is -2.11. The Balaban J connectivity index is 1.85. The molecule has 0 saturated carbocycles. The largest absolute Gasteiger partial charge is 0.117 e. The summed E-state index contributed by atoms with van der Waals surface area (Å²) in [5.41, 5.74) is 3.73. The van der Waals surface area contributed by atoms with Crippen molar-refractivity contribution in [1.82, 2.24) is 0 Å². The molecule has 2 heteroatoms. The van der Waals surface area contributed by atoms with Crippen molar-refractivity contribution in [3.8, 4) is 0 Å². The topological polar surface area (TPSA) is 0 Å². The van der Waals surface area contributed by atoms with Crippen LogP contribution in [0.25, 0.3) is 10.8 Å². The van der Waals surface area contributed by atoms with Gasteiger partial charge in [-0.15, -0.1) is 11.6 Å². The number of aryl methyl sites for hydroxylation is 1. The Morgan fingerprint density at radius 1 is 0.905 bits per heavy atom. The third-order valence-corrected chi connectivity index (χ3v) is 4.62. The summed E-state index contributed by atoms with van der Waals surface area (Å²) < 4.78 is 1.10. The lowest BCUT2D eigenvalue weighted by molar-refractivity contribution is 0.921. The molecule has 0 aromatic heterocycles. The van der Waals surface area contributed by atoms with E-state index in [1.807, 2.05) is 0 Å². The second-order valence-corrected chi connectivity index (χ2v) is 6.85. The minimum atomic E-state index is 0.000697. The summed E-state index contributed by atoms with van der Waals surface area (Å²) in [5.74, 6) is 0. The Bertz CT molecular complexity index is 762. The minimum Gasteiger partial charge on any atom is -0.117 e. The van der Waals surface area contributed by atoms with Crippen LogP contribution in [0.4, 0.5) is 0 Å². The minimum absolute atomic E-state index is 0.000697. The van der Waals surface area contributed by atoms with Crippen LogP contribution in [0.5, 0.6) is 0 Å². The van der Waals surface area contributed by atoms with Gasteiger partial charge in [0.05, 0.1) is 5.38 Å². The van der Waals surface area contributed by atoms with Crippen molar-refractivity contribution in [1.29, 1.82) is 0 Å². The average Bonchev–Trinajstić information content (AvgIpc) is 2.49. The monoisotopic (exact) mass is 358 g/mol. The fraction of sp³-hybridized carbons (Fsp3) is 0.158. The summed E-state index contributed by atoms with van der Waals surface area (Å²) in [7, 11) is 0. The van der Waals surface area contributed by atoms with Crippen LogP contribution >= 0.6 is 27.5 Å². The van der Waals surface area contributed by atoms with Crippen molar-refractivity contribution in [2.24, 2.45) is 0 Å². The van der Waals surface area contributed by atoms with E-state index in [0.717, 1.165) is 10.9 Å². The first-order chi connectivity index (χ1) is 10.1. The predicted octanol–water partition coefficient (Wildman–Crippen LogP) is 6.43. The number of benzene rings is 3. The van der Waals surface area contributed by atoms with E-state index >= 15 is 0 Å². The molecule has 0 aliphatic carbocycles. The summed E-state index contributed by atoms with van der Waals surface area (Å²) >= 11 is 10.1. The summed E-state index contributed by atoms with van der Waals surface area (Å²) in [4.78, 5) is 0. The fourth-order valence-corrected chi connectivity index (χ4v) is 3.17. The van der Waals surface area contributed by atoms with Crippen LogP contribution in [0, 0.1) is 6.92 Å². The maximum atomic E-state index is 6.60. The third kappa shape index (κ3) is 3.48. The molecular formula is C19H16BrCl. The smallest absolute Gasteiger partial charge is 0.0625 e. The first-order valence-electron chi connectivity index (χ1n) is 7.01. The molecule has 0 aliphatic heterocycles. The van der Waals surface area contributed by atoms with Crippen molar-refractivity contribution in [3.63, 3.8) is 0 Å². The van der Waals surface area contributed by atoms with Gasteiger partial charge in [-0.05, 0) is 53.4 Å². The van der Waals surface area contributed by atoms with E-state index in [1.165, 1.54) is 27.5 Å². The highest BCUT2D eigenvalue weighted by atomic mass is 79.9. The van der Waals surface area contributed by atoms with E-state index in [1.54, 1.807) is 0 Å². The molecule has 3 aromatic rings. The maximum Gasteiger partial charge on any atom is 0.0625 e. The number of fused-ring (bicyclic) bond motifs is 1. The zero-order chi connectivity index (χ0) is 14.8. The second kappa shape index (κ2) is 6.21. The Morgan fingerprint density at radius 3 is 2.33 bits per heavy atom. The van der Waals surface area contributed by atoms with Gasteiger partial charge in [0, 0.05) is 4.47 Å². The van der Waals surface area contributed by atoms with Crippen molar-refractivity contribution >= 4 is 38.3 Å². The molecule has 106 valence electrons. The number of halogens is 2. The van der Waals surface area contributed by atoms with E-state index in [4.69, 9.17) is 11.6 Å². The summed E-state index contributed by atoms with van der Waals surface area (Å²) in [6, 6.07) is 21.4. The van der Waals surface area contributed by atoms with Gasteiger partial charge in [-0.3, -0.25) is 0 Å². The van der Waals surface area contributed by atoms with Gasteiger partial charge in [-0.1, -0.05) is 64.0 Å². The highest BCUT2D eigenvalue weighted by Gasteiger charge is 2.09. The molecule has 0 radical (unpaired) electrons. The maximum absolute atomic E-state index is 6.60. The molecular weight excluding hydrogens is 344 g/mol. The van der Waals surface area contributed by atoms with E-state index in [2.05, 4.69) is 83.5 Å². The molecule has 0 saturated heterocycles. The Labute approximate surface area is 138 Å². The SMILES string of the molecule is Cc1ccc(CC(Cl)c2ccc3cc(Br)ccc3c2)cc1. The Hall–Kier alpha value is -1.31. The van der Waals surface area contributed by atoms with Gasteiger partial charge in [0.2, 0.25) is 0 Å². The van der Waals surface area contributed by atoms with Crippen LogP contribution in [0.3, 0.4) is 0 Å². The fourth-order valence-electron chi connectivity index (χ4n) is 2.48. The van der Waals surface area contributed by atoms with Crippen molar-refractivity contribution < 1.29 is 0 Å². The van der Waals surface area contributed by atoms with Crippen LogP contribution in [0.1, 0.15) is 22.1 Å². The highest BCUT2D eigenvalue weighted by molar-refractivity contribution is 9.10. The van der Waals surface area contributed by atoms with Crippen LogP contribution in [-0.2, 0) is 6.42 Å². The van der Waals surface area contributed by atoms with Gasteiger partial charge < -0.3 is 0 Å². The van der Waals surface area contributed by atoms with Crippen LogP contribution in [0.2, 0.25) is 0 Å².